The summed E-state index contributed by atoms with van der Waals surface area (Å²) >= 11 is 0. The maximum Gasteiger partial charge on any atom is 0.258 e. The van der Waals surface area contributed by atoms with Gasteiger partial charge >= 0.3 is 0 Å². The Labute approximate surface area is 120 Å². The van der Waals surface area contributed by atoms with E-state index in [1.807, 2.05) is 32.0 Å². The van der Waals surface area contributed by atoms with Gasteiger partial charge in [0.2, 0.25) is 0 Å². The highest BCUT2D eigenvalue weighted by molar-refractivity contribution is 5.77. The van der Waals surface area contributed by atoms with Crippen LogP contribution >= 0.6 is 0 Å². The number of hydrogen-bond acceptors (Lipinski definition) is 4. The molecule has 0 aliphatic carbocycles. The molecule has 0 spiro atoms. The molecule has 0 heterocycles. The van der Waals surface area contributed by atoms with E-state index in [9.17, 15) is 9.90 Å². The number of carbonyl (C=O) groups is 1. The molecule has 4 N–H and O–H groups in total. The molecule has 1 atom stereocenters. The molecule has 1 unspecified atom stereocenters. The van der Waals surface area contributed by atoms with E-state index in [-0.39, 0.29) is 25.2 Å². The van der Waals surface area contributed by atoms with E-state index < -0.39 is 0 Å². The molecule has 0 aromatic heterocycles. The first-order chi connectivity index (χ1) is 9.56. The lowest BCUT2D eigenvalue weighted by atomic mass is 10.0. The van der Waals surface area contributed by atoms with Crippen molar-refractivity contribution in [1.29, 1.82) is 0 Å². The van der Waals surface area contributed by atoms with Crippen LogP contribution in [0, 0.1) is 5.92 Å². The molecule has 0 radical (unpaired) electrons. The van der Waals surface area contributed by atoms with Crippen LogP contribution in [0.4, 0.5) is 0 Å². The van der Waals surface area contributed by atoms with Gasteiger partial charge in [0.05, 0.1) is 12.6 Å². The Morgan fingerprint density at radius 3 is 2.70 bits per heavy atom. The number of aliphatic hydroxyl groups is 1. The van der Waals surface area contributed by atoms with Crippen LogP contribution in [0.25, 0.3) is 0 Å². The third-order valence-electron chi connectivity index (χ3n) is 2.89. The van der Waals surface area contributed by atoms with E-state index in [1.54, 1.807) is 6.07 Å². The van der Waals surface area contributed by atoms with Crippen molar-refractivity contribution in [3.63, 3.8) is 0 Å². The number of amides is 1. The Hall–Kier alpha value is -1.59. The zero-order chi connectivity index (χ0) is 15.0. The van der Waals surface area contributed by atoms with Gasteiger partial charge in [-0.25, -0.2) is 0 Å². The molecule has 1 aromatic carbocycles. The lowest BCUT2D eigenvalue weighted by Gasteiger charge is -2.18. The van der Waals surface area contributed by atoms with Gasteiger partial charge < -0.3 is 20.9 Å². The first kappa shape index (κ1) is 16.5. The largest absolute Gasteiger partial charge is 0.483 e. The number of nitrogens with two attached hydrogens (primary N) is 1. The molecule has 0 bridgehead atoms. The fourth-order valence-corrected chi connectivity index (χ4v) is 1.97. The molecule has 1 amide bonds. The molecule has 20 heavy (non-hydrogen) atoms. The van der Waals surface area contributed by atoms with Gasteiger partial charge in [-0.2, -0.15) is 0 Å². The molecule has 0 saturated carbocycles. The van der Waals surface area contributed by atoms with Crippen LogP contribution in [0.5, 0.6) is 5.75 Å². The molecular weight excluding hydrogens is 256 g/mol. The van der Waals surface area contributed by atoms with E-state index in [4.69, 9.17) is 10.5 Å². The summed E-state index contributed by atoms with van der Waals surface area (Å²) in [5.74, 6) is 0.789. The van der Waals surface area contributed by atoms with Crippen molar-refractivity contribution in [2.24, 2.45) is 11.7 Å². The van der Waals surface area contributed by atoms with Crippen LogP contribution in [0.2, 0.25) is 0 Å². The average molecular weight is 280 g/mol. The smallest absolute Gasteiger partial charge is 0.258 e. The predicted octanol–water partition coefficient (Wildman–Crippen LogP) is 1.05. The van der Waals surface area contributed by atoms with Gasteiger partial charge in [-0.15, -0.1) is 0 Å². The Balaban J connectivity index is 2.46. The summed E-state index contributed by atoms with van der Waals surface area (Å²) < 4.78 is 5.47. The average Bonchev–Trinajstić information content (AvgIpc) is 2.44. The summed E-state index contributed by atoms with van der Waals surface area (Å²) in [6.45, 7) is 4.31. The minimum atomic E-state index is -0.239. The first-order valence-electron chi connectivity index (χ1n) is 6.87. The van der Waals surface area contributed by atoms with E-state index in [2.05, 4.69) is 5.32 Å². The van der Waals surface area contributed by atoms with Gasteiger partial charge in [0.1, 0.15) is 5.75 Å². The van der Waals surface area contributed by atoms with Crippen molar-refractivity contribution in [3.8, 4) is 5.75 Å². The van der Waals surface area contributed by atoms with Crippen molar-refractivity contribution in [2.75, 3.05) is 13.2 Å². The highest BCUT2D eigenvalue weighted by Crippen LogP contribution is 2.16. The number of ether oxygens (including phenoxy) is 1. The van der Waals surface area contributed by atoms with E-state index in [0.29, 0.717) is 18.2 Å². The highest BCUT2D eigenvalue weighted by atomic mass is 16.5. The minimum absolute atomic E-state index is 0.0662. The van der Waals surface area contributed by atoms with Gasteiger partial charge in [0.15, 0.2) is 6.61 Å². The number of rotatable bonds is 8. The van der Waals surface area contributed by atoms with Crippen LogP contribution in [0.3, 0.4) is 0 Å². The molecule has 0 aliphatic rings. The second-order valence-corrected chi connectivity index (χ2v) is 5.18. The zero-order valence-corrected chi connectivity index (χ0v) is 12.1. The van der Waals surface area contributed by atoms with Crippen LogP contribution in [0.15, 0.2) is 24.3 Å². The topological polar surface area (TPSA) is 84.6 Å². The van der Waals surface area contributed by atoms with E-state index >= 15 is 0 Å². The quantitative estimate of drug-likeness (QED) is 0.664. The van der Waals surface area contributed by atoms with Gasteiger partial charge in [-0.3, -0.25) is 4.79 Å². The Morgan fingerprint density at radius 2 is 2.10 bits per heavy atom. The standard InChI is InChI=1S/C15H24N2O3/c1-11(2)7-13(9-18)17-15(19)10-20-14-6-4-3-5-12(14)8-16/h3-6,11,13,18H,7-10,16H2,1-2H3,(H,17,19). The number of aliphatic hydroxyl groups excluding tert-OH is 1. The molecule has 5 nitrogen and oxygen atoms in total. The number of hydrogen-bond donors (Lipinski definition) is 3. The summed E-state index contributed by atoms with van der Waals surface area (Å²) in [5, 5.41) is 12.0. The van der Waals surface area contributed by atoms with Crippen molar-refractivity contribution in [3.05, 3.63) is 29.8 Å². The fourth-order valence-electron chi connectivity index (χ4n) is 1.97. The maximum absolute atomic E-state index is 11.8. The second-order valence-electron chi connectivity index (χ2n) is 5.18. The first-order valence-corrected chi connectivity index (χ1v) is 6.87. The number of benzene rings is 1. The minimum Gasteiger partial charge on any atom is -0.483 e. The SMILES string of the molecule is CC(C)CC(CO)NC(=O)COc1ccccc1CN. The molecular formula is C15H24N2O3. The van der Waals surface area contributed by atoms with Crippen LogP contribution in [-0.2, 0) is 11.3 Å². The van der Waals surface area contributed by atoms with E-state index in [0.717, 1.165) is 12.0 Å². The van der Waals surface area contributed by atoms with Gasteiger partial charge in [0, 0.05) is 12.1 Å². The summed E-state index contributed by atoms with van der Waals surface area (Å²) in [6, 6.07) is 7.13. The number of carbonyl (C=O) groups excluding carboxylic acids is 1. The van der Waals surface area contributed by atoms with Gasteiger partial charge in [0.25, 0.3) is 5.91 Å². The molecule has 5 heteroatoms. The molecule has 1 aromatic rings. The van der Waals surface area contributed by atoms with Crippen molar-refractivity contribution >= 4 is 5.91 Å². The Morgan fingerprint density at radius 1 is 1.40 bits per heavy atom. The lowest BCUT2D eigenvalue weighted by Crippen LogP contribution is -2.40. The van der Waals surface area contributed by atoms with Crippen LogP contribution < -0.4 is 15.8 Å². The normalized spacial score (nSPS) is 12.2. The third kappa shape index (κ3) is 5.59. The van der Waals surface area contributed by atoms with Crippen LogP contribution in [-0.4, -0.2) is 30.3 Å². The third-order valence-corrected chi connectivity index (χ3v) is 2.89. The molecule has 1 rings (SSSR count). The molecule has 112 valence electrons. The zero-order valence-electron chi connectivity index (χ0n) is 12.1. The fraction of sp³-hybridized carbons (Fsp3) is 0.533. The van der Waals surface area contributed by atoms with Crippen LogP contribution in [0.1, 0.15) is 25.8 Å². The Bertz CT molecular complexity index is 421. The summed E-state index contributed by atoms with van der Waals surface area (Å²) in [6.07, 6.45) is 0.738. The Kier molecular flexibility index (Phi) is 7.04. The van der Waals surface area contributed by atoms with Crippen molar-refractivity contribution in [1.82, 2.24) is 5.32 Å². The van der Waals surface area contributed by atoms with Gasteiger partial charge in [-0.05, 0) is 18.4 Å². The van der Waals surface area contributed by atoms with Crippen molar-refractivity contribution < 1.29 is 14.6 Å². The highest BCUT2D eigenvalue weighted by Gasteiger charge is 2.13. The summed E-state index contributed by atoms with van der Waals surface area (Å²) in [5.41, 5.74) is 6.46. The molecule has 0 saturated heterocycles. The molecule has 0 aliphatic heterocycles. The number of para-hydroxylation sites is 1. The second kappa shape index (κ2) is 8.55. The van der Waals surface area contributed by atoms with Crippen molar-refractivity contribution in [2.45, 2.75) is 32.9 Å². The predicted molar refractivity (Wildman–Crippen MR) is 78.3 cm³/mol. The monoisotopic (exact) mass is 280 g/mol. The molecule has 0 fully saturated rings. The summed E-state index contributed by atoms with van der Waals surface area (Å²) in [7, 11) is 0. The summed E-state index contributed by atoms with van der Waals surface area (Å²) in [4.78, 5) is 11.8. The maximum atomic E-state index is 11.8. The number of nitrogens with one attached hydrogen (secondary N) is 1. The van der Waals surface area contributed by atoms with E-state index in [1.165, 1.54) is 0 Å². The lowest BCUT2D eigenvalue weighted by molar-refractivity contribution is -0.124. The van der Waals surface area contributed by atoms with Gasteiger partial charge in [-0.1, -0.05) is 32.0 Å².